The van der Waals surface area contributed by atoms with Crippen LogP contribution in [0.15, 0.2) is 51.8 Å². The van der Waals surface area contributed by atoms with Crippen LogP contribution in [0.4, 0.5) is 11.4 Å². The Bertz CT molecular complexity index is 1020. The smallest absolute Gasteiger partial charge is 0.264 e. The molecule has 2 aromatic rings. The Morgan fingerprint density at radius 1 is 1.08 bits per heavy atom. The molecule has 1 heterocycles. The minimum absolute atomic E-state index is 0.120. The molecule has 0 fully saturated rings. The van der Waals surface area contributed by atoms with Gasteiger partial charge in [-0.05, 0) is 61.4 Å². The van der Waals surface area contributed by atoms with Crippen molar-refractivity contribution in [3.63, 3.8) is 0 Å². The topological polar surface area (TPSA) is 83.6 Å². The first-order valence-electron chi connectivity index (χ1n) is 7.49. The largest absolute Gasteiger partial charge is 0.284 e. The number of nitrogens with zero attached hydrogens (tertiary/aromatic N) is 1. The quantitative estimate of drug-likeness (QED) is 0.785. The summed E-state index contributed by atoms with van der Waals surface area (Å²) in [6, 6.07) is 11.1. The summed E-state index contributed by atoms with van der Waals surface area (Å²) in [5.74, 6) is 0. The first kappa shape index (κ1) is 18.2. The average molecular weight is 445 g/mol. The van der Waals surface area contributed by atoms with Gasteiger partial charge in [-0.15, -0.1) is 0 Å². The van der Waals surface area contributed by atoms with E-state index >= 15 is 0 Å². The summed E-state index contributed by atoms with van der Waals surface area (Å²) in [6.07, 6.45) is 1.68. The second kappa shape index (κ2) is 6.30. The molecule has 1 atom stereocenters. The van der Waals surface area contributed by atoms with Gasteiger partial charge in [-0.1, -0.05) is 15.9 Å². The van der Waals surface area contributed by atoms with Gasteiger partial charge in [-0.25, -0.2) is 16.8 Å². The van der Waals surface area contributed by atoms with Gasteiger partial charge in [0.25, 0.3) is 10.0 Å². The zero-order chi connectivity index (χ0) is 18.4. The van der Waals surface area contributed by atoms with Crippen LogP contribution in [0, 0.1) is 0 Å². The summed E-state index contributed by atoms with van der Waals surface area (Å²) in [6.45, 7) is 1.87. The molecule has 1 aliphatic rings. The van der Waals surface area contributed by atoms with Gasteiger partial charge in [0.05, 0.1) is 16.8 Å². The standard InChI is InChI=1S/C16H17BrN2O4S2/c1-11-9-12-10-13(17)3-8-16(12)19(11)25(22,23)15-6-4-14(5-7-15)18-24(2,20)21/h3-8,10-11,18H,9H2,1-2H3/t11-/m0/s1. The number of hydrogen-bond acceptors (Lipinski definition) is 4. The highest BCUT2D eigenvalue weighted by atomic mass is 79.9. The van der Waals surface area contributed by atoms with E-state index in [0.717, 1.165) is 16.3 Å². The highest BCUT2D eigenvalue weighted by Gasteiger charge is 2.36. The summed E-state index contributed by atoms with van der Waals surface area (Å²) >= 11 is 3.41. The molecule has 0 radical (unpaired) electrons. The molecule has 2 aromatic carbocycles. The number of rotatable bonds is 4. The Hall–Kier alpha value is -1.58. The van der Waals surface area contributed by atoms with E-state index < -0.39 is 20.0 Å². The minimum atomic E-state index is -3.73. The summed E-state index contributed by atoms with van der Waals surface area (Å²) in [7, 11) is -7.14. The molecule has 9 heteroatoms. The van der Waals surface area contributed by atoms with Crippen molar-refractivity contribution in [3.05, 3.63) is 52.5 Å². The molecule has 1 aliphatic heterocycles. The minimum Gasteiger partial charge on any atom is -0.284 e. The van der Waals surface area contributed by atoms with E-state index in [4.69, 9.17) is 0 Å². The lowest BCUT2D eigenvalue weighted by Gasteiger charge is -2.24. The van der Waals surface area contributed by atoms with E-state index in [0.29, 0.717) is 17.8 Å². The highest BCUT2D eigenvalue weighted by molar-refractivity contribution is 9.10. The van der Waals surface area contributed by atoms with E-state index in [1.54, 1.807) is 6.07 Å². The van der Waals surface area contributed by atoms with Crippen LogP contribution in [0.3, 0.4) is 0 Å². The lowest BCUT2D eigenvalue weighted by Crippen LogP contribution is -2.35. The van der Waals surface area contributed by atoms with Gasteiger partial charge >= 0.3 is 0 Å². The molecule has 0 amide bonds. The summed E-state index contributed by atoms with van der Waals surface area (Å²) < 4.78 is 53.3. The van der Waals surface area contributed by atoms with Gasteiger partial charge in [-0.3, -0.25) is 9.03 Å². The van der Waals surface area contributed by atoms with E-state index in [9.17, 15) is 16.8 Å². The summed E-state index contributed by atoms with van der Waals surface area (Å²) in [4.78, 5) is 0.120. The van der Waals surface area contributed by atoms with Gasteiger partial charge in [0.1, 0.15) is 0 Å². The molecule has 0 spiro atoms. The van der Waals surface area contributed by atoms with Crippen molar-refractivity contribution in [1.29, 1.82) is 0 Å². The number of sulfonamides is 2. The van der Waals surface area contributed by atoms with Crippen LogP contribution in [0.5, 0.6) is 0 Å². The fourth-order valence-electron chi connectivity index (χ4n) is 2.96. The number of anilines is 2. The molecule has 1 N–H and O–H groups in total. The monoisotopic (exact) mass is 444 g/mol. The van der Waals surface area contributed by atoms with Gasteiger partial charge in [0.15, 0.2) is 0 Å². The third-order valence-electron chi connectivity index (χ3n) is 3.91. The average Bonchev–Trinajstić information content (AvgIpc) is 2.81. The van der Waals surface area contributed by atoms with E-state index in [1.807, 2.05) is 19.1 Å². The Morgan fingerprint density at radius 2 is 1.72 bits per heavy atom. The third kappa shape index (κ3) is 3.68. The maximum Gasteiger partial charge on any atom is 0.264 e. The van der Waals surface area contributed by atoms with Crippen LogP contribution in [-0.2, 0) is 26.5 Å². The normalized spacial score (nSPS) is 17.4. The molecule has 134 valence electrons. The van der Waals surface area contributed by atoms with Crippen LogP contribution in [0.25, 0.3) is 0 Å². The Labute approximate surface area is 156 Å². The predicted molar refractivity (Wildman–Crippen MR) is 102 cm³/mol. The zero-order valence-corrected chi connectivity index (χ0v) is 16.8. The number of nitrogens with one attached hydrogen (secondary N) is 1. The van der Waals surface area contributed by atoms with Crippen molar-refractivity contribution in [3.8, 4) is 0 Å². The van der Waals surface area contributed by atoms with Crippen LogP contribution in [0.1, 0.15) is 12.5 Å². The van der Waals surface area contributed by atoms with Crippen molar-refractivity contribution < 1.29 is 16.8 Å². The fourth-order valence-corrected chi connectivity index (χ4v) is 5.63. The van der Waals surface area contributed by atoms with Gasteiger partial charge in [-0.2, -0.15) is 0 Å². The summed E-state index contributed by atoms with van der Waals surface area (Å²) in [5, 5.41) is 0. The molecule has 0 unspecified atom stereocenters. The van der Waals surface area contributed by atoms with Crippen LogP contribution in [0.2, 0.25) is 0 Å². The van der Waals surface area contributed by atoms with Crippen molar-refractivity contribution in [2.24, 2.45) is 0 Å². The Balaban J connectivity index is 1.97. The van der Waals surface area contributed by atoms with E-state index in [1.165, 1.54) is 28.6 Å². The second-order valence-corrected chi connectivity index (χ2v) is 10.5. The van der Waals surface area contributed by atoms with Gasteiger partial charge in [0.2, 0.25) is 10.0 Å². The molecular weight excluding hydrogens is 428 g/mol. The fraction of sp³-hybridized carbons (Fsp3) is 0.250. The van der Waals surface area contributed by atoms with Crippen LogP contribution < -0.4 is 9.03 Å². The molecule has 3 rings (SSSR count). The summed E-state index contributed by atoms with van der Waals surface area (Å²) in [5.41, 5.74) is 1.97. The highest BCUT2D eigenvalue weighted by Crippen LogP contribution is 2.38. The SMILES string of the molecule is C[C@H]1Cc2cc(Br)ccc2N1S(=O)(=O)c1ccc(NS(C)(=O)=O)cc1. The van der Waals surface area contributed by atoms with Crippen LogP contribution in [-0.4, -0.2) is 29.1 Å². The third-order valence-corrected chi connectivity index (χ3v) is 6.95. The van der Waals surface area contributed by atoms with Crippen molar-refractivity contribution in [2.45, 2.75) is 24.3 Å². The maximum absolute atomic E-state index is 13.1. The molecular formula is C16H17BrN2O4S2. The van der Waals surface area contributed by atoms with E-state index in [-0.39, 0.29) is 10.9 Å². The Morgan fingerprint density at radius 3 is 2.32 bits per heavy atom. The Kier molecular flexibility index (Phi) is 4.59. The van der Waals surface area contributed by atoms with Crippen molar-refractivity contribution in [1.82, 2.24) is 0 Å². The maximum atomic E-state index is 13.1. The molecule has 25 heavy (non-hydrogen) atoms. The molecule has 0 bridgehead atoms. The van der Waals surface area contributed by atoms with E-state index in [2.05, 4.69) is 20.7 Å². The van der Waals surface area contributed by atoms with Crippen molar-refractivity contribution >= 4 is 47.4 Å². The number of benzene rings is 2. The van der Waals surface area contributed by atoms with Gasteiger partial charge < -0.3 is 0 Å². The zero-order valence-electron chi connectivity index (χ0n) is 13.6. The lowest BCUT2D eigenvalue weighted by molar-refractivity contribution is 0.584. The second-order valence-electron chi connectivity index (χ2n) is 6.03. The number of hydrogen-bond donors (Lipinski definition) is 1. The first-order chi connectivity index (χ1) is 11.6. The van der Waals surface area contributed by atoms with Gasteiger partial charge in [0, 0.05) is 16.2 Å². The number of halogens is 1. The molecule has 0 aromatic heterocycles. The van der Waals surface area contributed by atoms with Crippen molar-refractivity contribution in [2.75, 3.05) is 15.3 Å². The van der Waals surface area contributed by atoms with Crippen LogP contribution >= 0.6 is 15.9 Å². The number of fused-ring (bicyclic) bond motifs is 1. The molecule has 0 saturated carbocycles. The lowest BCUT2D eigenvalue weighted by atomic mass is 10.1. The molecule has 0 aliphatic carbocycles. The molecule has 0 saturated heterocycles. The predicted octanol–water partition coefficient (Wildman–Crippen LogP) is 2.96. The first-order valence-corrected chi connectivity index (χ1v) is 11.6. The molecule has 6 nitrogen and oxygen atoms in total.